The van der Waals surface area contributed by atoms with Crippen molar-refractivity contribution in [3.8, 4) is 6.01 Å². The van der Waals surface area contributed by atoms with E-state index in [2.05, 4.69) is 34.1 Å². The van der Waals surface area contributed by atoms with Crippen LogP contribution in [0.5, 0.6) is 6.01 Å². The van der Waals surface area contributed by atoms with Crippen LogP contribution in [-0.4, -0.2) is 27.1 Å². The van der Waals surface area contributed by atoms with Gasteiger partial charge in [0, 0.05) is 6.04 Å². The number of hydrogen-bond donors (Lipinski definition) is 2. The van der Waals surface area contributed by atoms with E-state index in [0.717, 1.165) is 19.3 Å². The van der Waals surface area contributed by atoms with E-state index in [1.807, 2.05) is 13.8 Å². The molecule has 0 aliphatic heterocycles. The lowest BCUT2D eigenvalue weighted by atomic mass is 10.1. The molecular formula is C12H23N5O. The summed E-state index contributed by atoms with van der Waals surface area (Å²) in [5, 5.41) is 3.26. The molecule has 6 heteroatoms. The summed E-state index contributed by atoms with van der Waals surface area (Å²) in [6.45, 7) is 8.11. The average molecular weight is 253 g/mol. The molecule has 0 fully saturated rings. The van der Waals surface area contributed by atoms with Gasteiger partial charge in [-0.3, -0.25) is 0 Å². The van der Waals surface area contributed by atoms with Crippen LogP contribution in [0.3, 0.4) is 0 Å². The number of ether oxygens (including phenoxy) is 1. The molecule has 1 aromatic heterocycles. The zero-order chi connectivity index (χ0) is 13.5. The van der Waals surface area contributed by atoms with Crippen molar-refractivity contribution in [3.05, 3.63) is 0 Å². The number of nitrogens with zero attached hydrogens (tertiary/aromatic N) is 3. The van der Waals surface area contributed by atoms with Crippen LogP contribution in [0.1, 0.15) is 47.0 Å². The first-order chi connectivity index (χ1) is 8.55. The summed E-state index contributed by atoms with van der Waals surface area (Å²) < 4.78 is 5.43. The molecule has 6 nitrogen and oxygen atoms in total. The number of rotatable bonds is 7. The van der Waals surface area contributed by atoms with Gasteiger partial charge in [-0.05, 0) is 26.7 Å². The van der Waals surface area contributed by atoms with Gasteiger partial charge in [0.1, 0.15) is 0 Å². The summed E-state index contributed by atoms with van der Waals surface area (Å²) in [5.41, 5.74) is 5.64. The van der Waals surface area contributed by atoms with Crippen LogP contribution in [0.15, 0.2) is 0 Å². The van der Waals surface area contributed by atoms with Crippen LogP contribution in [0.2, 0.25) is 0 Å². The lowest BCUT2D eigenvalue weighted by Gasteiger charge is -2.16. The van der Waals surface area contributed by atoms with Crippen molar-refractivity contribution in [2.75, 3.05) is 11.1 Å². The highest BCUT2D eigenvalue weighted by molar-refractivity contribution is 5.33. The number of anilines is 2. The maximum absolute atomic E-state index is 5.64. The van der Waals surface area contributed by atoms with E-state index in [1.54, 1.807) is 0 Å². The molecule has 0 saturated heterocycles. The van der Waals surface area contributed by atoms with Gasteiger partial charge in [-0.1, -0.05) is 20.3 Å². The third-order valence-electron chi connectivity index (χ3n) is 2.44. The molecule has 1 heterocycles. The lowest BCUT2D eigenvalue weighted by molar-refractivity contribution is 0.222. The van der Waals surface area contributed by atoms with Crippen LogP contribution in [0.4, 0.5) is 11.9 Å². The highest BCUT2D eigenvalue weighted by Crippen LogP contribution is 2.13. The SMILES string of the molecule is CCCC(CC)Nc1nc(N)nc(OC(C)C)n1. The molecule has 1 atom stereocenters. The number of nitrogens with one attached hydrogen (secondary N) is 1. The van der Waals surface area contributed by atoms with Gasteiger partial charge in [-0.25, -0.2) is 0 Å². The molecule has 0 bridgehead atoms. The highest BCUT2D eigenvalue weighted by Gasteiger charge is 2.10. The van der Waals surface area contributed by atoms with Gasteiger partial charge in [-0.2, -0.15) is 15.0 Å². The summed E-state index contributed by atoms with van der Waals surface area (Å²) in [6.07, 6.45) is 3.21. The molecule has 18 heavy (non-hydrogen) atoms. The first-order valence-corrected chi connectivity index (χ1v) is 6.49. The van der Waals surface area contributed by atoms with Crippen LogP contribution in [0.25, 0.3) is 0 Å². The van der Waals surface area contributed by atoms with Gasteiger partial charge >= 0.3 is 6.01 Å². The Hall–Kier alpha value is -1.59. The van der Waals surface area contributed by atoms with Gasteiger partial charge in [0.2, 0.25) is 11.9 Å². The predicted molar refractivity (Wildman–Crippen MR) is 72.6 cm³/mol. The fourth-order valence-corrected chi connectivity index (χ4v) is 1.61. The second-order valence-electron chi connectivity index (χ2n) is 4.50. The molecule has 1 aromatic rings. The number of aromatic nitrogens is 3. The third-order valence-corrected chi connectivity index (χ3v) is 2.44. The molecule has 1 rings (SSSR count). The van der Waals surface area contributed by atoms with Crippen LogP contribution in [-0.2, 0) is 0 Å². The Bertz CT molecular complexity index is 369. The van der Waals surface area contributed by atoms with Crippen molar-refractivity contribution in [1.29, 1.82) is 0 Å². The Morgan fingerprint density at radius 2 is 1.94 bits per heavy atom. The minimum absolute atomic E-state index is 0.0114. The first kappa shape index (κ1) is 14.5. The Morgan fingerprint density at radius 3 is 2.50 bits per heavy atom. The van der Waals surface area contributed by atoms with E-state index in [9.17, 15) is 0 Å². The van der Waals surface area contributed by atoms with Crippen molar-refractivity contribution in [1.82, 2.24) is 15.0 Å². The topological polar surface area (TPSA) is 86.0 Å². The van der Waals surface area contributed by atoms with Crippen LogP contribution < -0.4 is 15.8 Å². The summed E-state index contributed by atoms with van der Waals surface area (Å²) in [4.78, 5) is 12.2. The van der Waals surface area contributed by atoms with Gasteiger partial charge in [0.05, 0.1) is 6.10 Å². The smallest absolute Gasteiger partial charge is 0.323 e. The number of hydrogen-bond acceptors (Lipinski definition) is 6. The van der Waals surface area contributed by atoms with E-state index in [-0.39, 0.29) is 18.1 Å². The monoisotopic (exact) mass is 253 g/mol. The van der Waals surface area contributed by atoms with Crippen molar-refractivity contribution >= 4 is 11.9 Å². The van der Waals surface area contributed by atoms with E-state index in [1.165, 1.54) is 0 Å². The number of nitrogen functional groups attached to an aromatic ring is 1. The van der Waals surface area contributed by atoms with E-state index in [4.69, 9.17) is 10.5 Å². The Labute approximate surface area is 108 Å². The van der Waals surface area contributed by atoms with Crippen LogP contribution >= 0.6 is 0 Å². The van der Waals surface area contributed by atoms with E-state index in [0.29, 0.717) is 12.0 Å². The molecule has 0 spiro atoms. The zero-order valence-corrected chi connectivity index (χ0v) is 11.6. The third kappa shape index (κ3) is 4.73. The minimum Gasteiger partial charge on any atom is -0.461 e. The number of nitrogens with two attached hydrogens (primary N) is 1. The molecule has 0 aliphatic rings. The average Bonchev–Trinajstić information content (AvgIpc) is 2.26. The second-order valence-corrected chi connectivity index (χ2v) is 4.50. The summed E-state index contributed by atoms with van der Waals surface area (Å²) >= 11 is 0. The van der Waals surface area contributed by atoms with Gasteiger partial charge < -0.3 is 15.8 Å². The lowest BCUT2D eigenvalue weighted by Crippen LogP contribution is -2.21. The standard InChI is InChI=1S/C12H23N5O/c1-5-7-9(6-2)14-11-15-10(13)16-12(17-11)18-8(3)4/h8-9H,5-7H2,1-4H3,(H3,13,14,15,16,17). The Kier molecular flexibility index (Phi) is 5.61. The van der Waals surface area contributed by atoms with Gasteiger partial charge in [-0.15, -0.1) is 0 Å². The molecule has 3 N–H and O–H groups in total. The predicted octanol–water partition coefficient (Wildman–Crippen LogP) is 2.23. The van der Waals surface area contributed by atoms with Crippen molar-refractivity contribution in [2.24, 2.45) is 0 Å². The maximum Gasteiger partial charge on any atom is 0.323 e. The van der Waals surface area contributed by atoms with Gasteiger partial charge in [0.15, 0.2) is 0 Å². The highest BCUT2D eigenvalue weighted by atomic mass is 16.5. The molecule has 0 aromatic carbocycles. The summed E-state index contributed by atoms with van der Waals surface area (Å²) in [7, 11) is 0. The molecule has 0 amide bonds. The van der Waals surface area contributed by atoms with Crippen molar-refractivity contribution in [2.45, 2.75) is 59.1 Å². The maximum atomic E-state index is 5.64. The summed E-state index contributed by atoms with van der Waals surface area (Å²) in [6, 6.07) is 0.620. The fraction of sp³-hybridized carbons (Fsp3) is 0.750. The minimum atomic E-state index is 0.0114. The Balaban J connectivity index is 2.78. The molecule has 0 saturated carbocycles. The molecule has 0 radical (unpaired) electrons. The van der Waals surface area contributed by atoms with Crippen molar-refractivity contribution in [3.63, 3.8) is 0 Å². The van der Waals surface area contributed by atoms with Crippen LogP contribution in [0, 0.1) is 0 Å². The molecule has 102 valence electrons. The zero-order valence-electron chi connectivity index (χ0n) is 11.6. The molecule has 0 aliphatic carbocycles. The van der Waals surface area contributed by atoms with Gasteiger partial charge in [0.25, 0.3) is 0 Å². The fourth-order valence-electron chi connectivity index (χ4n) is 1.61. The quantitative estimate of drug-likeness (QED) is 0.775. The first-order valence-electron chi connectivity index (χ1n) is 6.49. The largest absolute Gasteiger partial charge is 0.461 e. The van der Waals surface area contributed by atoms with E-state index < -0.39 is 0 Å². The second kappa shape index (κ2) is 6.98. The Morgan fingerprint density at radius 1 is 1.22 bits per heavy atom. The van der Waals surface area contributed by atoms with Crippen molar-refractivity contribution < 1.29 is 4.74 Å². The summed E-state index contributed by atoms with van der Waals surface area (Å²) in [5.74, 6) is 0.660. The normalized spacial score (nSPS) is 12.5. The molecule has 1 unspecified atom stereocenters. The van der Waals surface area contributed by atoms with E-state index >= 15 is 0 Å². The molecular weight excluding hydrogens is 230 g/mol.